The Bertz CT molecular complexity index is 1970. The SMILES string of the molecule is CC(Nc1nc(OCCO[Si](c2ccccc2)(c2ccccc2)C(C)(C)C)c2c(-c3ccc4nccn4c3)cn(CO)c2n1)C(F)(F)F. The molecule has 0 spiro atoms. The van der Waals surface area contributed by atoms with E-state index in [1.54, 1.807) is 18.6 Å². The third kappa shape index (κ3) is 6.28. The number of aliphatic hydroxyl groups excluding tert-OH is 1. The molecule has 0 fully saturated rings. The molecule has 9 nitrogen and oxygen atoms in total. The predicted molar refractivity (Wildman–Crippen MR) is 182 cm³/mol. The molecular formula is C35H37F3N6O3Si. The van der Waals surface area contributed by atoms with Gasteiger partial charge in [0.1, 0.15) is 25.0 Å². The molecule has 2 aromatic carbocycles. The maximum atomic E-state index is 13.5. The summed E-state index contributed by atoms with van der Waals surface area (Å²) in [7, 11) is -2.88. The van der Waals surface area contributed by atoms with E-state index in [1.807, 2.05) is 59.1 Å². The molecular weight excluding hydrogens is 638 g/mol. The summed E-state index contributed by atoms with van der Waals surface area (Å²) in [6.07, 6.45) is 2.50. The average Bonchev–Trinajstić information content (AvgIpc) is 3.69. The molecule has 6 rings (SSSR count). The zero-order chi connectivity index (χ0) is 34.1. The highest BCUT2D eigenvalue weighted by molar-refractivity contribution is 6.99. The molecule has 4 heterocycles. The van der Waals surface area contributed by atoms with Gasteiger partial charge >= 0.3 is 6.18 Å². The summed E-state index contributed by atoms with van der Waals surface area (Å²) < 4.78 is 57.2. The van der Waals surface area contributed by atoms with Crippen LogP contribution in [-0.4, -0.2) is 62.8 Å². The molecule has 250 valence electrons. The predicted octanol–water partition coefficient (Wildman–Crippen LogP) is 6.01. The Morgan fingerprint density at radius 1 is 0.896 bits per heavy atom. The number of nitrogens with zero attached hydrogens (tertiary/aromatic N) is 5. The Morgan fingerprint density at radius 2 is 1.56 bits per heavy atom. The van der Waals surface area contributed by atoms with Crippen molar-refractivity contribution in [2.75, 3.05) is 18.5 Å². The summed E-state index contributed by atoms with van der Waals surface area (Å²) in [5, 5.41) is 15.0. The molecule has 2 N–H and O–H groups in total. The lowest BCUT2D eigenvalue weighted by Gasteiger charge is -2.43. The highest BCUT2D eigenvalue weighted by Crippen LogP contribution is 2.38. The molecule has 0 aliphatic heterocycles. The van der Waals surface area contributed by atoms with Gasteiger partial charge in [0.05, 0.1) is 12.0 Å². The van der Waals surface area contributed by atoms with Gasteiger partial charge in [-0.3, -0.25) is 0 Å². The number of pyridine rings is 1. The second-order valence-corrected chi connectivity index (χ2v) is 16.9. The van der Waals surface area contributed by atoms with E-state index in [-0.39, 0.29) is 35.7 Å². The van der Waals surface area contributed by atoms with Crippen LogP contribution in [0, 0.1) is 0 Å². The van der Waals surface area contributed by atoms with Gasteiger partial charge in [-0.2, -0.15) is 23.1 Å². The Balaban J connectivity index is 1.40. The number of anilines is 1. The van der Waals surface area contributed by atoms with Gasteiger partial charge < -0.3 is 28.6 Å². The number of hydrogen-bond acceptors (Lipinski definition) is 7. The zero-order valence-electron chi connectivity index (χ0n) is 27.1. The first kappa shape index (κ1) is 33.2. The van der Waals surface area contributed by atoms with E-state index < -0.39 is 27.3 Å². The molecule has 4 aromatic heterocycles. The number of nitrogens with one attached hydrogen (secondary N) is 1. The zero-order valence-corrected chi connectivity index (χ0v) is 28.1. The summed E-state index contributed by atoms with van der Waals surface area (Å²) in [4.78, 5) is 13.1. The van der Waals surface area contributed by atoms with Gasteiger partial charge in [-0.15, -0.1) is 0 Å². The molecule has 0 bridgehead atoms. The van der Waals surface area contributed by atoms with Crippen LogP contribution in [0.3, 0.4) is 0 Å². The molecule has 0 amide bonds. The maximum Gasteiger partial charge on any atom is 0.408 e. The second-order valence-electron chi connectivity index (χ2n) is 12.6. The molecule has 0 aliphatic rings. The number of rotatable bonds is 11. The summed E-state index contributed by atoms with van der Waals surface area (Å²) in [5.74, 6) is -0.213. The van der Waals surface area contributed by atoms with Crippen LogP contribution in [0.4, 0.5) is 19.1 Å². The largest absolute Gasteiger partial charge is 0.475 e. The van der Waals surface area contributed by atoms with Gasteiger partial charge in [-0.1, -0.05) is 81.4 Å². The molecule has 13 heteroatoms. The topological polar surface area (TPSA) is 98.7 Å². The van der Waals surface area contributed by atoms with Gasteiger partial charge in [0.2, 0.25) is 11.8 Å². The van der Waals surface area contributed by atoms with Crippen LogP contribution >= 0.6 is 0 Å². The third-order valence-corrected chi connectivity index (χ3v) is 13.5. The number of benzene rings is 2. The number of fused-ring (bicyclic) bond motifs is 2. The van der Waals surface area contributed by atoms with Gasteiger partial charge in [0.15, 0.2) is 5.65 Å². The summed E-state index contributed by atoms with van der Waals surface area (Å²) in [6.45, 7) is 7.28. The molecule has 1 atom stereocenters. The van der Waals surface area contributed by atoms with Crippen LogP contribution < -0.4 is 20.4 Å². The summed E-state index contributed by atoms with van der Waals surface area (Å²) >= 11 is 0. The normalized spacial score (nSPS) is 13.2. The molecule has 1 unspecified atom stereocenters. The van der Waals surface area contributed by atoms with Crippen molar-refractivity contribution in [3.63, 3.8) is 0 Å². The van der Waals surface area contributed by atoms with Crippen molar-refractivity contribution in [3.05, 3.63) is 97.6 Å². The Kier molecular flexibility index (Phi) is 9.03. The first-order valence-corrected chi connectivity index (χ1v) is 17.5. The van der Waals surface area contributed by atoms with Crippen molar-refractivity contribution in [1.82, 2.24) is 23.9 Å². The Morgan fingerprint density at radius 3 is 2.17 bits per heavy atom. The lowest BCUT2D eigenvalue weighted by Crippen LogP contribution is -2.66. The third-order valence-electron chi connectivity index (χ3n) is 8.43. The second kappa shape index (κ2) is 13.1. The molecule has 6 aromatic rings. The van der Waals surface area contributed by atoms with Crippen molar-refractivity contribution >= 4 is 41.3 Å². The van der Waals surface area contributed by atoms with Crippen LogP contribution in [0.1, 0.15) is 27.7 Å². The quantitative estimate of drug-likeness (QED) is 0.128. The molecule has 0 saturated carbocycles. The van der Waals surface area contributed by atoms with E-state index in [2.05, 4.69) is 65.3 Å². The van der Waals surface area contributed by atoms with Gasteiger partial charge in [-0.05, 0) is 34.5 Å². The minimum atomic E-state index is -4.53. The van der Waals surface area contributed by atoms with Crippen LogP contribution in [0.2, 0.25) is 5.04 Å². The van der Waals surface area contributed by atoms with Gasteiger partial charge in [0, 0.05) is 35.9 Å². The van der Waals surface area contributed by atoms with E-state index in [0.717, 1.165) is 28.5 Å². The fraction of sp³-hybridized carbons (Fsp3) is 0.286. The van der Waals surface area contributed by atoms with Crippen LogP contribution in [0.25, 0.3) is 27.8 Å². The van der Waals surface area contributed by atoms with Crippen LogP contribution in [0.5, 0.6) is 5.88 Å². The number of aromatic nitrogens is 5. The van der Waals surface area contributed by atoms with E-state index in [9.17, 15) is 18.3 Å². The van der Waals surface area contributed by atoms with Crippen LogP contribution in [-0.2, 0) is 11.2 Å². The lowest BCUT2D eigenvalue weighted by atomic mass is 10.1. The standard InChI is InChI=1S/C35H37F3N6O3Si/c1-24(35(36,37)38)40-33-41-31-30(28(22-44(31)23-45)25-15-16-29-39-17-18-43(29)21-25)32(42-33)46-19-20-47-48(34(2,3)4,26-11-7-5-8-12-26)27-13-9-6-10-14-27/h5-18,21-22,24,45H,19-20,23H2,1-4H3,(H,40,41,42). The van der Waals surface area contributed by atoms with Crippen molar-refractivity contribution in [3.8, 4) is 17.0 Å². The minimum absolute atomic E-state index is 0.0508. The lowest BCUT2D eigenvalue weighted by molar-refractivity contribution is -0.138. The van der Waals surface area contributed by atoms with E-state index >= 15 is 0 Å². The van der Waals surface area contributed by atoms with Crippen LogP contribution in [0.15, 0.2) is 97.6 Å². The molecule has 0 aliphatic carbocycles. The first-order chi connectivity index (χ1) is 22.9. The van der Waals surface area contributed by atoms with E-state index in [0.29, 0.717) is 10.9 Å². The van der Waals surface area contributed by atoms with Crippen molar-refractivity contribution < 1.29 is 27.4 Å². The molecule has 0 saturated heterocycles. The van der Waals surface area contributed by atoms with E-state index in [1.165, 1.54) is 4.57 Å². The highest BCUT2D eigenvalue weighted by atomic mass is 28.4. The number of aliphatic hydroxyl groups is 1. The maximum absolute atomic E-state index is 13.5. The Hall–Kier alpha value is -4.72. The monoisotopic (exact) mass is 674 g/mol. The van der Waals surface area contributed by atoms with Gasteiger partial charge in [-0.25, -0.2) is 4.98 Å². The fourth-order valence-corrected chi connectivity index (χ4v) is 10.6. The van der Waals surface area contributed by atoms with Crippen molar-refractivity contribution in [2.24, 2.45) is 0 Å². The first-order valence-electron chi connectivity index (χ1n) is 15.6. The summed E-state index contributed by atoms with van der Waals surface area (Å²) in [6, 6.07) is 22.2. The molecule has 48 heavy (non-hydrogen) atoms. The van der Waals surface area contributed by atoms with E-state index in [4.69, 9.17) is 9.16 Å². The smallest absolute Gasteiger partial charge is 0.408 e. The number of alkyl halides is 3. The number of imidazole rings is 1. The molecule has 0 radical (unpaired) electrons. The number of hydrogen-bond donors (Lipinski definition) is 2. The average molecular weight is 675 g/mol. The highest BCUT2D eigenvalue weighted by Gasteiger charge is 2.50. The van der Waals surface area contributed by atoms with Crippen molar-refractivity contribution in [1.29, 1.82) is 0 Å². The van der Waals surface area contributed by atoms with Crippen molar-refractivity contribution in [2.45, 2.75) is 51.7 Å². The summed E-state index contributed by atoms with van der Waals surface area (Å²) in [5.41, 5.74) is 2.34. The number of ether oxygens (including phenoxy) is 1. The minimum Gasteiger partial charge on any atom is -0.475 e. The van der Waals surface area contributed by atoms with Gasteiger partial charge in [0.25, 0.3) is 8.32 Å². The number of halogens is 3. The Labute approximate surface area is 277 Å². The fourth-order valence-electron chi connectivity index (χ4n) is 6.10.